The average molecular weight is 492 g/mol. The number of nitrogens with zero attached hydrogens (tertiary/aromatic N) is 2. The summed E-state index contributed by atoms with van der Waals surface area (Å²) in [6.07, 6.45) is 8.15. The van der Waals surface area contributed by atoms with Gasteiger partial charge in [-0.05, 0) is 101 Å². The fourth-order valence-electron chi connectivity index (χ4n) is 7.25. The van der Waals surface area contributed by atoms with Crippen LogP contribution in [0.4, 0.5) is 0 Å². The smallest absolute Gasteiger partial charge is 0.269 e. The van der Waals surface area contributed by atoms with E-state index in [4.69, 9.17) is 0 Å². The van der Waals surface area contributed by atoms with Crippen LogP contribution < -0.4 is 5.32 Å². The summed E-state index contributed by atoms with van der Waals surface area (Å²) < 4.78 is 0. The molecule has 0 radical (unpaired) electrons. The number of carbonyl (C=O) groups is 1. The fraction of sp³-hybridized carbons (Fsp3) is 0.424. The first kappa shape index (κ1) is 25.2. The number of aryl methyl sites for hydroxylation is 1. The van der Waals surface area contributed by atoms with E-state index < -0.39 is 0 Å². The highest BCUT2D eigenvalue weighted by molar-refractivity contribution is 5.92. The molecule has 1 fully saturated rings. The Hall–Kier alpha value is -3.45. The number of carbonyl (C=O) groups excluding carboxylic acids is 1. The SMILES string of the molecule is CC(C)c1ccc2c(c1)CC[C@H]1[C@@](CNC(=O)c3ccccn3)(Cc3ccc(C#N)cc3)CCC[C@]21C. The quantitative estimate of drug-likeness (QED) is 0.415. The summed E-state index contributed by atoms with van der Waals surface area (Å²) in [6, 6.07) is 22.9. The molecule has 4 nitrogen and oxygen atoms in total. The Bertz CT molecular complexity index is 1310. The molecule has 1 heterocycles. The second-order valence-electron chi connectivity index (χ2n) is 11.7. The molecule has 1 saturated carbocycles. The summed E-state index contributed by atoms with van der Waals surface area (Å²) in [5.74, 6) is 0.871. The average Bonchev–Trinajstić information content (AvgIpc) is 2.92. The Morgan fingerprint density at radius 1 is 1.14 bits per heavy atom. The maximum absolute atomic E-state index is 13.1. The first-order valence-electron chi connectivity index (χ1n) is 13.7. The molecule has 0 aliphatic heterocycles. The van der Waals surface area contributed by atoms with Crippen LogP contribution in [0, 0.1) is 22.7 Å². The Morgan fingerprint density at radius 3 is 2.65 bits per heavy atom. The molecule has 1 amide bonds. The molecule has 0 saturated heterocycles. The topological polar surface area (TPSA) is 65.8 Å². The van der Waals surface area contributed by atoms with Gasteiger partial charge < -0.3 is 5.32 Å². The van der Waals surface area contributed by atoms with E-state index >= 15 is 0 Å². The summed E-state index contributed by atoms with van der Waals surface area (Å²) in [5, 5.41) is 12.6. The Morgan fingerprint density at radius 2 is 1.95 bits per heavy atom. The summed E-state index contributed by atoms with van der Waals surface area (Å²) in [7, 11) is 0. The summed E-state index contributed by atoms with van der Waals surface area (Å²) in [6.45, 7) is 7.63. The number of amides is 1. The molecule has 0 bridgehead atoms. The van der Waals surface area contributed by atoms with Gasteiger partial charge in [-0.25, -0.2) is 0 Å². The number of hydrogen-bond donors (Lipinski definition) is 1. The van der Waals surface area contributed by atoms with Crippen molar-refractivity contribution in [2.45, 2.75) is 70.6 Å². The van der Waals surface area contributed by atoms with E-state index in [-0.39, 0.29) is 16.7 Å². The predicted molar refractivity (Wildman–Crippen MR) is 147 cm³/mol. The maximum atomic E-state index is 13.1. The van der Waals surface area contributed by atoms with Crippen molar-refractivity contribution in [2.24, 2.45) is 11.3 Å². The van der Waals surface area contributed by atoms with E-state index in [1.54, 1.807) is 12.3 Å². The fourth-order valence-corrected chi connectivity index (χ4v) is 7.25. The second-order valence-corrected chi connectivity index (χ2v) is 11.7. The number of aromatic nitrogens is 1. The lowest BCUT2D eigenvalue weighted by atomic mass is 9.48. The summed E-state index contributed by atoms with van der Waals surface area (Å²) in [5.41, 5.74) is 6.82. The number of fused-ring (bicyclic) bond motifs is 3. The lowest BCUT2D eigenvalue weighted by Crippen LogP contribution is -2.55. The van der Waals surface area contributed by atoms with Crippen LogP contribution in [0.2, 0.25) is 0 Å². The van der Waals surface area contributed by atoms with Crippen molar-refractivity contribution in [3.05, 3.63) is 100 Å². The second kappa shape index (κ2) is 10.1. The van der Waals surface area contributed by atoms with Crippen LogP contribution in [0.25, 0.3) is 0 Å². The molecular formula is C33H37N3O. The van der Waals surface area contributed by atoms with Crippen molar-refractivity contribution in [2.75, 3.05) is 6.54 Å². The van der Waals surface area contributed by atoms with Gasteiger partial charge in [0.25, 0.3) is 5.91 Å². The predicted octanol–water partition coefficient (Wildman–Crippen LogP) is 6.74. The van der Waals surface area contributed by atoms with E-state index in [1.165, 1.54) is 28.7 Å². The molecule has 190 valence electrons. The van der Waals surface area contributed by atoms with Gasteiger partial charge in [0.05, 0.1) is 11.6 Å². The zero-order valence-electron chi connectivity index (χ0n) is 22.3. The number of rotatable bonds is 6. The number of hydrogen-bond acceptors (Lipinski definition) is 3. The zero-order chi connectivity index (χ0) is 26.0. The third kappa shape index (κ3) is 4.80. The van der Waals surface area contributed by atoms with Gasteiger partial charge in [-0.15, -0.1) is 0 Å². The molecule has 0 unspecified atom stereocenters. The van der Waals surface area contributed by atoms with Gasteiger partial charge in [-0.2, -0.15) is 5.26 Å². The minimum absolute atomic E-state index is 0.0694. The van der Waals surface area contributed by atoms with Gasteiger partial charge in [-0.3, -0.25) is 9.78 Å². The molecule has 0 spiro atoms. The highest BCUT2D eigenvalue weighted by Gasteiger charge is 2.53. The monoisotopic (exact) mass is 491 g/mol. The van der Waals surface area contributed by atoms with Crippen LogP contribution in [-0.2, 0) is 18.3 Å². The van der Waals surface area contributed by atoms with Crippen LogP contribution in [0.5, 0.6) is 0 Å². The van der Waals surface area contributed by atoms with Gasteiger partial charge in [0, 0.05) is 12.7 Å². The number of nitriles is 1. The first-order valence-corrected chi connectivity index (χ1v) is 13.7. The van der Waals surface area contributed by atoms with E-state index in [0.717, 1.165) is 32.1 Å². The van der Waals surface area contributed by atoms with Crippen molar-refractivity contribution in [3.63, 3.8) is 0 Å². The number of nitrogens with one attached hydrogen (secondary N) is 1. The highest BCUT2D eigenvalue weighted by atomic mass is 16.1. The van der Waals surface area contributed by atoms with Gasteiger partial charge in [0.1, 0.15) is 5.69 Å². The minimum atomic E-state index is -0.107. The van der Waals surface area contributed by atoms with Crippen molar-refractivity contribution < 1.29 is 4.79 Å². The number of benzene rings is 2. The molecule has 1 N–H and O–H groups in total. The standard InChI is InChI=1S/C33H37N3O/c1-23(2)26-12-14-28-27(19-26)13-15-30-32(28,3)16-6-17-33(30,20-24-8-10-25(21-34)11-9-24)22-36-31(37)29-7-4-5-18-35-29/h4-5,7-12,14,18-19,23,30H,6,13,15-17,20,22H2,1-3H3,(H,36,37)/t30-,32-,33-/m1/s1. The van der Waals surface area contributed by atoms with E-state index in [9.17, 15) is 10.1 Å². The van der Waals surface area contributed by atoms with Gasteiger partial charge in [0.15, 0.2) is 0 Å². The van der Waals surface area contributed by atoms with Crippen LogP contribution in [0.3, 0.4) is 0 Å². The van der Waals surface area contributed by atoms with Crippen LogP contribution in [0.15, 0.2) is 66.9 Å². The van der Waals surface area contributed by atoms with Crippen molar-refractivity contribution in [1.82, 2.24) is 10.3 Å². The summed E-state index contributed by atoms with van der Waals surface area (Å²) >= 11 is 0. The zero-order valence-corrected chi connectivity index (χ0v) is 22.3. The van der Waals surface area contributed by atoms with E-state index in [2.05, 4.69) is 67.5 Å². The Labute approximate surface area is 221 Å². The molecule has 37 heavy (non-hydrogen) atoms. The lowest BCUT2D eigenvalue weighted by molar-refractivity contribution is 0.0111. The molecule has 1 aromatic heterocycles. The van der Waals surface area contributed by atoms with E-state index in [0.29, 0.717) is 29.6 Å². The molecule has 3 atom stereocenters. The lowest BCUT2D eigenvalue weighted by Gasteiger charge is -2.57. The minimum Gasteiger partial charge on any atom is -0.350 e. The van der Waals surface area contributed by atoms with Gasteiger partial charge in [-0.1, -0.05) is 63.6 Å². The Balaban J connectivity index is 1.51. The van der Waals surface area contributed by atoms with Crippen LogP contribution in [0.1, 0.15) is 90.7 Å². The van der Waals surface area contributed by atoms with Gasteiger partial charge >= 0.3 is 0 Å². The normalized spacial score (nSPS) is 24.6. The summed E-state index contributed by atoms with van der Waals surface area (Å²) in [4.78, 5) is 17.4. The Kier molecular flexibility index (Phi) is 6.90. The molecule has 4 heteroatoms. The molecule has 2 aromatic carbocycles. The molecule has 3 aromatic rings. The van der Waals surface area contributed by atoms with Crippen molar-refractivity contribution >= 4 is 5.91 Å². The van der Waals surface area contributed by atoms with Gasteiger partial charge in [0.2, 0.25) is 0 Å². The maximum Gasteiger partial charge on any atom is 0.269 e. The molecular weight excluding hydrogens is 454 g/mol. The highest BCUT2D eigenvalue weighted by Crippen LogP contribution is 2.58. The van der Waals surface area contributed by atoms with Crippen LogP contribution >= 0.6 is 0 Å². The molecule has 2 aliphatic carbocycles. The number of pyridine rings is 1. The third-order valence-corrected chi connectivity index (χ3v) is 9.13. The molecule has 2 aliphatic rings. The molecule has 5 rings (SSSR count). The third-order valence-electron chi connectivity index (χ3n) is 9.13. The first-order chi connectivity index (χ1) is 17.8. The van der Waals surface area contributed by atoms with Crippen molar-refractivity contribution in [3.8, 4) is 6.07 Å². The van der Waals surface area contributed by atoms with E-state index in [1.807, 2.05) is 24.3 Å². The van der Waals surface area contributed by atoms with Crippen molar-refractivity contribution in [1.29, 1.82) is 5.26 Å². The van der Waals surface area contributed by atoms with Crippen LogP contribution in [-0.4, -0.2) is 17.4 Å². The largest absolute Gasteiger partial charge is 0.350 e.